The van der Waals surface area contributed by atoms with E-state index in [1.54, 1.807) is 6.20 Å². The Bertz CT molecular complexity index is 902. The molecule has 0 unspecified atom stereocenters. The van der Waals surface area contributed by atoms with Crippen LogP contribution in [-0.2, 0) is 17.4 Å². The number of nitrogens with two attached hydrogens (primary N) is 1. The Kier molecular flexibility index (Phi) is 4.50. The normalized spacial score (nSPS) is 13.0. The summed E-state index contributed by atoms with van der Waals surface area (Å²) in [6.45, 7) is 0. The van der Waals surface area contributed by atoms with E-state index in [0.717, 1.165) is 22.5 Å². The van der Waals surface area contributed by atoms with Gasteiger partial charge in [-0.1, -0.05) is 30.3 Å². The highest BCUT2D eigenvalue weighted by Crippen LogP contribution is 2.34. The van der Waals surface area contributed by atoms with Gasteiger partial charge in [0.1, 0.15) is 0 Å². The fourth-order valence-corrected chi connectivity index (χ4v) is 2.69. The van der Waals surface area contributed by atoms with E-state index in [0.29, 0.717) is 0 Å². The Balaban J connectivity index is 1.76. The van der Waals surface area contributed by atoms with E-state index in [9.17, 15) is 18.0 Å². The molecule has 0 fully saturated rings. The number of anilines is 1. The summed E-state index contributed by atoms with van der Waals surface area (Å²) in [5, 5.41) is 3.22. The van der Waals surface area contributed by atoms with Crippen LogP contribution in [0.3, 0.4) is 0 Å². The molecule has 3 rings (SSSR count). The second-order valence-corrected chi connectivity index (χ2v) is 5.70. The second kappa shape index (κ2) is 6.60. The van der Waals surface area contributed by atoms with Crippen LogP contribution in [0.25, 0.3) is 10.9 Å². The number of fused-ring (bicyclic) bond motifs is 1. The Labute approximate surface area is 141 Å². The monoisotopic (exact) mass is 347 g/mol. The number of halogens is 3. The van der Waals surface area contributed by atoms with E-state index in [2.05, 4.69) is 10.3 Å². The van der Waals surface area contributed by atoms with Gasteiger partial charge >= 0.3 is 6.18 Å². The number of hydrogen-bond donors (Lipinski definition) is 3. The Hall–Kier alpha value is -2.80. The van der Waals surface area contributed by atoms with Crippen molar-refractivity contribution in [3.63, 3.8) is 0 Å². The quantitative estimate of drug-likeness (QED) is 0.673. The molecule has 7 heteroatoms. The lowest BCUT2D eigenvalue weighted by atomic mass is 10.0. The number of para-hydroxylation sites is 2. The molecular formula is C18H16F3N3O. The minimum Gasteiger partial charge on any atom is -0.361 e. The topological polar surface area (TPSA) is 70.9 Å². The van der Waals surface area contributed by atoms with Gasteiger partial charge in [-0.25, -0.2) is 0 Å². The highest BCUT2D eigenvalue weighted by atomic mass is 19.4. The van der Waals surface area contributed by atoms with Crippen molar-refractivity contribution in [3.8, 4) is 0 Å². The van der Waals surface area contributed by atoms with Gasteiger partial charge in [-0.3, -0.25) is 4.79 Å². The van der Waals surface area contributed by atoms with Crippen molar-refractivity contribution < 1.29 is 18.0 Å². The molecule has 1 heterocycles. The number of hydrogen-bond acceptors (Lipinski definition) is 2. The summed E-state index contributed by atoms with van der Waals surface area (Å²) in [6, 6.07) is 11.4. The van der Waals surface area contributed by atoms with Crippen molar-refractivity contribution in [2.75, 3.05) is 5.32 Å². The third kappa shape index (κ3) is 3.66. The van der Waals surface area contributed by atoms with Crippen molar-refractivity contribution in [2.45, 2.75) is 18.6 Å². The number of benzene rings is 2. The van der Waals surface area contributed by atoms with E-state index in [-0.39, 0.29) is 12.1 Å². The zero-order chi connectivity index (χ0) is 18.0. The summed E-state index contributed by atoms with van der Waals surface area (Å²) in [4.78, 5) is 15.3. The smallest absolute Gasteiger partial charge is 0.361 e. The van der Waals surface area contributed by atoms with Gasteiger partial charge in [0, 0.05) is 17.1 Å². The molecule has 0 spiro atoms. The van der Waals surface area contributed by atoms with Crippen molar-refractivity contribution in [3.05, 3.63) is 65.9 Å². The first-order valence-electron chi connectivity index (χ1n) is 7.64. The number of aromatic nitrogens is 1. The van der Waals surface area contributed by atoms with Crippen LogP contribution in [0.1, 0.15) is 11.1 Å². The average Bonchev–Trinajstić information content (AvgIpc) is 2.97. The molecule has 0 aliphatic rings. The molecule has 3 aromatic rings. The number of carbonyl (C=O) groups is 1. The maximum Gasteiger partial charge on any atom is 0.418 e. The SMILES string of the molecule is N[C@@H](Cc1c[nH]c2ccccc12)C(=O)Nc1ccccc1C(F)(F)F. The fraction of sp³-hybridized carbons (Fsp3) is 0.167. The number of carbonyl (C=O) groups excluding carboxylic acids is 1. The van der Waals surface area contributed by atoms with Crippen LogP contribution in [0.4, 0.5) is 18.9 Å². The van der Waals surface area contributed by atoms with Crippen LogP contribution in [0, 0.1) is 0 Å². The van der Waals surface area contributed by atoms with Gasteiger partial charge < -0.3 is 16.0 Å². The van der Waals surface area contributed by atoms with Crippen LogP contribution in [0.5, 0.6) is 0 Å². The van der Waals surface area contributed by atoms with Gasteiger partial charge in [-0.15, -0.1) is 0 Å². The number of rotatable bonds is 4. The Morgan fingerprint density at radius 2 is 1.80 bits per heavy atom. The number of nitrogens with one attached hydrogen (secondary N) is 2. The molecule has 1 amide bonds. The second-order valence-electron chi connectivity index (χ2n) is 5.70. The molecular weight excluding hydrogens is 331 g/mol. The molecule has 0 saturated heterocycles. The summed E-state index contributed by atoms with van der Waals surface area (Å²) in [5.74, 6) is -0.665. The van der Waals surface area contributed by atoms with Gasteiger partial charge in [0.2, 0.25) is 5.91 Å². The molecule has 0 aliphatic heterocycles. The molecule has 0 aliphatic carbocycles. The summed E-state index contributed by atoms with van der Waals surface area (Å²) in [5.41, 5.74) is 6.45. The Morgan fingerprint density at radius 1 is 1.12 bits per heavy atom. The molecule has 0 radical (unpaired) electrons. The number of alkyl halides is 3. The molecule has 0 saturated carbocycles. The number of aromatic amines is 1. The van der Waals surface area contributed by atoms with Crippen LogP contribution < -0.4 is 11.1 Å². The first-order valence-corrected chi connectivity index (χ1v) is 7.64. The standard InChI is InChI=1S/C18H16F3N3O/c19-18(20,21)13-6-2-4-8-16(13)24-17(25)14(22)9-11-10-23-15-7-3-1-5-12(11)15/h1-8,10,14,23H,9,22H2,(H,24,25)/t14-/m0/s1. The lowest BCUT2D eigenvalue weighted by Gasteiger charge is -2.16. The van der Waals surface area contributed by atoms with Gasteiger partial charge in [0.25, 0.3) is 0 Å². The minimum atomic E-state index is -4.55. The lowest BCUT2D eigenvalue weighted by Crippen LogP contribution is -2.37. The summed E-state index contributed by atoms with van der Waals surface area (Å²) >= 11 is 0. The minimum absolute atomic E-state index is 0.212. The van der Waals surface area contributed by atoms with Crippen molar-refractivity contribution >= 4 is 22.5 Å². The van der Waals surface area contributed by atoms with Gasteiger partial charge in [-0.05, 0) is 30.2 Å². The van der Waals surface area contributed by atoms with E-state index in [4.69, 9.17) is 5.73 Å². The molecule has 1 atom stereocenters. The molecule has 0 bridgehead atoms. The lowest BCUT2D eigenvalue weighted by molar-refractivity contribution is -0.137. The maximum atomic E-state index is 13.0. The summed E-state index contributed by atoms with van der Waals surface area (Å²) in [7, 11) is 0. The first kappa shape index (κ1) is 17.0. The number of amides is 1. The van der Waals surface area contributed by atoms with E-state index in [1.165, 1.54) is 18.2 Å². The zero-order valence-corrected chi connectivity index (χ0v) is 13.1. The van der Waals surface area contributed by atoms with Crippen LogP contribution >= 0.6 is 0 Å². The molecule has 130 valence electrons. The van der Waals surface area contributed by atoms with Crippen molar-refractivity contribution in [1.82, 2.24) is 4.98 Å². The van der Waals surface area contributed by atoms with Crippen LogP contribution in [-0.4, -0.2) is 16.9 Å². The van der Waals surface area contributed by atoms with E-state index in [1.807, 2.05) is 24.3 Å². The average molecular weight is 347 g/mol. The third-order valence-corrected chi connectivity index (χ3v) is 3.94. The van der Waals surface area contributed by atoms with E-state index >= 15 is 0 Å². The van der Waals surface area contributed by atoms with Crippen LogP contribution in [0.2, 0.25) is 0 Å². The molecule has 4 nitrogen and oxygen atoms in total. The zero-order valence-electron chi connectivity index (χ0n) is 13.1. The predicted octanol–water partition coefficient (Wildman–Crippen LogP) is 3.70. The van der Waals surface area contributed by atoms with Crippen LogP contribution in [0.15, 0.2) is 54.7 Å². The first-order chi connectivity index (χ1) is 11.9. The fourth-order valence-electron chi connectivity index (χ4n) is 2.69. The highest BCUT2D eigenvalue weighted by Gasteiger charge is 2.33. The third-order valence-electron chi connectivity index (χ3n) is 3.94. The maximum absolute atomic E-state index is 13.0. The Morgan fingerprint density at radius 3 is 2.56 bits per heavy atom. The van der Waals surface area contributed by atoms with Crippen molar-refractivity contribution in [2.24, 2.45) is 5.73 Å². The molecule has 1 aromatic heterocycles. The summed E-state index contributed by atoms with van der Waals surface area (Å²) in [6.07, 6.45) is -2.59. The highest BCUT2D eigenvalue weighted by molar-refractivity contribution is 5.96. The van der Waals surface area contributed by atoms with E-state index < -0.39 is 23.7 Å². The van der Waals surface area contributed by atoms with Crippen molar-refractivity contribution in [1.29, 1.82) is 0 Å². The predicted molar refractivity (Wildman–Crippen MR) is 90.1 cm³/mol. The molecule has 2 aromatic carbocycles. The number of H-pyrrole nitrogens is 1. The van der Waals surface area contributed by atoms with Gasteiger partial charge in [0.05, 0.1) is 17.3 Å². The largest absolute Gasteiger partial charge is 0.418 e. The van der Waals surface area contributed by atoms with Gasteiger partial charge in [0.15, 0.2) is 0 Å². The molecule has 25 heavy (non-hydrogen) atoms. The van der Waals surface area contributed by atoms with Gasteiger partial charge in [-0.2, -0.15) is 13.2 Å². The molecule has 4 N–H and O–H groups in total. The summed E-state index contributed by atoms with van der Waals surface area (Å²) < 4.78 is 39.0.